The zero-order valence-corrected chi connectivity index (χ0v) is 12.1. The number of aliphatic carboxylic acids is 1. The molecule has 0 bridgehead atoms. The molecule has 1 amide bonds. The van der Waals surface area contributed by atoms with Crippen LogP contribution in [0.15, 0.2) is 41.4 Å². The zero-order chi connectivity index (χ0) is 15.1. The molecule has 1 aromatic rings. The Morgan fingerprint density at radius 1 is 1.45 bits per heavy atom. The molecule has 0 aliphatic carbocycles. The largest absolute Gasteiger partial charge is 0.480 e. The van der Waals surface area contributed by atoms with Gasteiger partial charge in [-0.2, -0.15) is 0 Å². The molecule has 0 aromatic heterocycles. The molecule has 1 N–H and O–H groups in total. The molecule has 0 aliphatic rings. The van der Waals surface area contributed by atoms with Gasteiger partial charge in [0, 0.05) is 22.7 Å². The summed E-state index contributed by atoms with van der Waals surface area (Å²) in [6.07, 6.45) is 3.87. The highest BCUT2D eigenvalue weighted by atomic mass is 79.9. The van der Waals surface area contributed by atoms with E-state index in [9.17, 15) is 14.0 Å². The smallest absolute Gasteiger partial charge is 0.323 e. The standard InChI is InChI=1S/C14H13BrFNO3/c1-2-7-17(9-14(19)20)13(18)6-3-10-8-11(15)4-5-12(10)16/h2-6,8H,1,7,9H2,(H,19,20). The summed E-state index contributed by atoms with van der Waals surface area (Å²) in [5, 5.41) is 8.71. The maximum Gasteiger partial charge on any atom is 0.323 e. The lowest BCUT2D eigenvalue weighted by Crippen LogP contribution is -2.34. The first-order valence-electron chi connectivity index (χ1n) is 5.68. The number of nitrogens with zero attached hydrogens (tertiary/aromatic N) is 1. The highest BCUT2D eigenvalue weighted by molar-refractivity contribution is 9.10. The van der Waals surface area contributed by atoms with Gasteiger partial charge >= 0.3 is 5.97 Å². The molecular weight excluding hydrogens is 329 g/mol. The van der Waals surface area contributed by atoms with E-state index in [0.29, 0.717) is 4.47 Å². The van der Waals surface area contributed by atoms with Crippen LogP contribution in [0, 0.1) is 5.82 Å². The second kappa shape index (κ2) is 7.59. The van der Waals surface area contributed by atoms with Crippen LogP contribution in [0.2, 0.25) is 0 Å². The Kier molecular flexibility index (Phi) is 6.11. The molecule has 0 unspecified atom stereocenters. The Morgan fingerprint density at radius 2 is 2.15 bits per heavy atom. The maximum atomic E-state index is 13.5. The first kappa shape index (κ1) is 16.1. The normalized spacial score (nSPS) is 10.5. The minimum atomic E-state index is -1.12. The van der Waals surface area contributed by atoms with Crippen LogP contribution in [0.3, 0.4) is 0 Å². The van der Waals surface area contributed by atoms with Crippen LogP contribution in [-0.2, 0) is 9.59 Å². The van der Waals surface area contributed by atoms with E-state index in [1.54, 1.807) is 6.07 Å². The van der Waals surface area contributed by atoms with Crippen LogP contribution in [0.1, 0.15) is 5.56 Å². The average Bonchev–Trinajstić information content (AvgIpc) is 2.38. The lowest BCUT2D eigenvalue weighted by Gasteiger charge is -2.16. The van der Waals surface area contributed by atoms with Crippen molar-refractivity contribution in [2.24, 2.45) is 0 Å². The summed E-state index contributed by atoms with van der Waals surface area (Å²) in [4.78, 5) is 23.6. The molecule has 106 valence electrons. The number of hydrogen-bond acceptors (Lipinski definition) is 2. The minimum Gasteiger partial charge on any atom is -0.480 e. The van der Waals surface area contributed by atoms with Gasteiger partial charge in [0.15, 0.2) is 0 Å². The average molecular weight is 342 g/mol. The van der Waals surface area contributed by atoms with Crippen LogP contribution in [0.25, 0.3) is 6.08 Å². The summed E-state index contributed by atoms with van der Waals surface area (Å²) < 4.78 is 14.2. The van der Waals surface area contributed by atoms with Gasteiger partial charge in [0.05, 0.1) is 0 Å². The summed E-state index contributed by atoms with van der Waals surface area (Å²) in [5.41, 5.74) is 0.238. The van der Waals surface area contributed by atoms with Gasteiger partial charge in [-0.05, 0) is 24.3 Å². The molecule has 6 heteroatoms. The van der Waals surface area contributed by atoms with E-state index in [2.05, 4.69) is 22.5 Å². The van der Waals surface area contributed by atoms with Crippen molar-refractivity contribution in [2.75, 3.05) is 13.1 Å². The summed E-state index contributed by atoms with van der Waals surface area (Å²) in [5.74, 6) is -2.11. The predicted octanol–water partition coefficient (Wildman–Crippen LogP) is 2.70. The fourth-order valence-corrected chi connectivity index (χ4v) is 1.84. The molecule has 0 spiro atoms. The van der Waals surface area contributed by atoms with E-state index in [4.69, 9.17) is 5.11 Å². The van der Waals surface area contributed by atoms with E-state index in [1.165, 1.54) is 24.3 Å². The van der Waals surface area contributed by atoms with Crippen molar-refractivity contribution in [3.05, 3.63) is 52.8 Å². The van der Waals surface area contributed by atoms with Crippen molar-refractivity contribution in [1.82, 2.24) is 4.90 Å². The molecule has 0 atom stereocenters. The van der Waals surface area contributed by atoms with Gasteiger partial charge < -0.3 is 10.0 Å². The first-order valence-corrected chi connectivity index (χ1v) is 6.48. The lowest BCUT2D eigenvalue weighted by molar-refractivity contribution is -0.142. The minimum absolute atomic E-state index is 0.108. The lowest BCUT2D eigenvalue weighted by atomic mass is 10.2. The van der Waals surface area contributed by atoms with Gasteiger partial charge in [-0.1, -0.05) is 22.0 Å². The third-order valence-electron chi connectivity index (χ3n) is 2.35. The molecule has 1 aromatic carbocycles. The zero-order valence-electron chi connectivity index (χ0n) is 10.6. The van der Waals surface area contributed by atoms with Crippen LogP contribution < -0.4 is 0 Å². The second-order valence-electron chi connectivity index (χ2n) is 3.90. The van der Waals surface area contributed by atoms with Crippen molar-refractivity contribution in [1.29, 1.82) is 0 Å². The molecule has 0 saturated heterocycles. The van der Waals surface area contributed by atoms with Gasteiger partial charge in [0.1, 0.15) is 12.4 Å². The molecule has 0 heterocycles. The topological polar surface area (TPSA) is 57.6 Å². The van der Waals surface area contributed by atoms with Gasteiger partial charge in [-0.3, -0.25) is 9.59 Å². The highest BCUT2D eigenvalue weighted by Crippen LogP contribution is 2.16. The van der Waals surface area contributed by atoms with E-state index < -0.39 is 24.2 Å². The predicted molar refractivity (Wildman–Crippen MR) is 77.5 cm³/mol. The van der Waals surface area contributed by atoms with E-state index in [1.807, 2.05) is 0 Å². The third-order valence-corrected chi connectivity index (χ3v) is 2.84. The molecule has 0 fully saturated rings. The Bertz CT molecular complexity index is 557. The number of carbonyl (C=O) groups excluding carboxylic acids is 1. The number of carboxylic acid groups (broad SMARTS) is 1. The van der Waals surface area contributed by atoms with Crippen molar-refractivity contribution in [3.8, 4) is 0 Å². The van der Waals surface area contributed by atoms with Gasteiger partial charge in [-0.25, -0.2) is 4.39 Å². The number of carboxylic acids is 1. The van der Waals surface area contributed by atoms with Crippen molar-refractivity contribution < 1.29 is 19.1 Å². The summed E-state index contributed by atoms with van der Waals surface area (Å²) in [6.45, 7) is 3.13. The molecule has 20 heavy (non-hydrogen) atoms. The molecule has 1 rings (SSSR count). The van der Waals surface area contributed by atoms with Crippen LogP contribution in [0.4, 0.5) is 4.39 Å². The molecule has 0 saturated carbocycles. The fourth-order valence-electron chi connectivity index (χ4n) is 1.46. The Hall–Kier alpha value is -1.95. The molecule has 0 aliphatic heterocycles. The van der Waals surface area contributed by atoms with Gasteiger partial charge in [-0.15, -0.1) is 6.58 Å². The Labute approximate surface area is 124 Å². The van der Waals surface area contributed by atoms with E-state index >= 15 is 0 Å². The van der Waals surface area contributed by atoms with Crippen molar-refractivity contribution in [2.45, 2.75) is 0 Å². The van der Waals surface area contributed by atoms with Crippen molar-refractivity contribution in [3.63, 3.8) is 0 Å². The van der Waals surface area contributed by atoms with Crippen LogP contribution >= 0.6 is 15.9 Å². The maximum absolute atomic E-state index is 13.5. The van der Waals surface area contributed by atoms with Crippen molar-refractivity contribution >= 4 is 33.9 Å². The quantitative estimate of drug-likeness (QED) is 0.639. The summed E-state index contributed by atoms with van der Waals surface area (Å²) in [6, 6.07) is 4.34. The Balaban J connectivity index is 2.85. The van der Waals surface area contributed by atoms with Crippen LogP contribution in [-0.4, -0.2) is 35.0 Å². The number of hydrogen-bond donors (Lipinski definition) is 1. The summed E-state index contributed by atoms with van der Waals surface area (Å²) in [7, 11) is 0. The van der Waals surface area contributed by atoms with Crippen LogP contribution in [0.5, 0.6) is 0 Å². The molecular formula is C14H13BrFNO3. The number of benzene rings is 1. The number of carbonyl (C=O) groups is 2. The van der Waals surface area contributed by atoms with E-state index in [0.717, 1.165) is 11.0 Å². The first-order chi connectivity index (χ1) is 9.43. The molecule has 4 nitrogen and oxygen atoms in total. The van der Waals surface area contributed by atoms with Gasteiger partial charge in [0.2, 0.25) is 5.91 Å². The monoisotopic (exact) mass is 341 g/mol. The highest BCUT2D eigenvalue weighted by Gasteiger charge is 2.12. The number of amides is 1. The third kappa shape index (κ3) is 4.97. The van der Waals surface area contributed by atoms with Gasteiger partial charge in [0.25, 0.3) is 0 Å². The number of halogens is 2. The van der Waals surface area contributed by atoms with E-state index in [-0.39, 0.29) is 12.1 Å². The Morgan fingerprint density at radius 3 is 2.75 bits per heavy atom. The SMILES string of the molecule is C=CCN(CC(=O)O)C(=O)C=Cc1cc(Br)ccc1F. The summed E-state index contributed by atoms with van der Waals surface area (Å²) >= 11 is 3.20. The number of rotatable bonds is 6. The fraction of sp³-hybridized carbons (Fsp3) is 0.143. The molecule has 0 radical (unpaired) electrons. The second-order valence-corrected chi connectivity index (χ2v) is 4.82.